The Kier molecular flexibility index (Phi) is 7.44. The summed E-state index contributed by atoms with van der Waals surface area (Å²) in [7, 11) is 0. The van der Waals surface area contributed by atoms with Crippen molar-refractivity contribution in [1.29, 1.82) is 0 Å². The molecule has 3 rings (SSSR count). The number of ether oxygens (including phenoxy) is 1. The maximum atomic E-state index is 12.5. The van der Waals surface area contributed by atoms with Gasteiger partial charge in [-0.05, 0) is 97.3 Å². The molecule has 2 N–H and O–H groups in total. The Morgan fingerprint density at radius 2 is 1.70 bits per heavy atom. The van der Waals surface area contributed by atoms with Gasteiger partial charge in [-0.2, -0.15) is 0 Å². The summed E-state index contributed by atoms with van der Waals surface area (Å²) in [5, 5.41) is 5.81. The van der Waals surface area contributed by atoms with Crippen LogP contribution in [-0.2, 0) is 0 Å². The average Bonchev–Trinajstić information content (AvgIpc) is 3.24. The predicted molar refractivity (Wildman–Crippen MR) is 125 cm³/mol. The molecule has 1 aliphatic heterocycles. The van der Waals surface area contributed by atoms with Gasteiger partial charge in [0.05, 0.1) is 10.6 Å². The topological polar surface area (TPSA) is 70.7 Å². The Balaban J connectivity index is 1.56. The first-order valence-corrected chi connectivity index (χ1v) is 11.0. The van der Waals surface area contributed by atoms with Gasteiger partial charge >= 0.3 is 0 Å². The number of thiocarbonyl (C=S) groups is 1. The number of likely N-dealkylation sites (tertiary alicyclic amines) is 1. The zero-order valence-corrected chi connectivity index (χ0v) is 19.3. The molecule has 0 atom stereocenters. The van der Waals surface area contributed by atoms with E-state index in [1.165, 1.54) is 0 Å². The second kappa shape index (κ2) is 10.0. The minimum atomic E-state index is -0.329. The third-order valence-corrected chi connectivity index (χ3v) is 5.39. The SMILES string of the molecule is CC(C)Oc1ccc(C(=O)NC(=S)Nc2ccc(C(=O)N3CCCC3)cc2)cc1Br. The molecule has 1 heterocycles. The summed E-state index contributed by atoms with van der Waals surface area (Å²) in [4.78, 5) is 26.7. The Labute approximate surface area is 190 Å². The van der Waals surface area contributed by atoms with Gasteiger partial charge in [-0.1, -0.05) is 0 Å². The van der Waals surface area contributed by atoms with Gasteiger partial charge in [0.15, 0.2) is 5.11 Å². The van der Waals surface area contributed by atoms with Crippen molar-refractivity contribution in [2.45, 2.75) is 32.8 Å². The van der Waals surface area contributed by atoms with Crippen LogP contribution >= 0.6 is 28.1 Å². The number of rotatable bonds is 5. The van der Waals surface area contributed by atoms with Crippen molar-refractivity contribution in [1.82, 2.24) is 10.2 Å². The molecule has 0 spiro atoms. The zero-order chi connectivity index (χ0) is 21.7. The molecule has 0 unspecified atom stereocenters. The first-order valence-electron chi connectivity index (χ1n) is 9.81. The lowest BCUT2D eigenvalue weighted by atomic mass is 10.2. The molecule has 1 saturated heterocycles. The van der Waals surface area contributed by atoms with Crippen molar-refractivity contribution >= 4 is 50.8 Å². The lowest BCUT2D eigenvalue weighted by Crippen LogP contribution is -2.34. The van der Waals surface area contributed by atoms with Crippen LogP contribution in [0.2, 0.25) is 0 Å². The first kappa shape index (κ1) is 22.2. The van der Waals surface area contributed by atoms with E-state index in [4.69, 9.17) is 17.0 Å². The summed E-state index contributed by atoms with van der Waals surface area (Å²) in [6.45, 7) is 5.50. The van der Waals surface area contributed by atoms with Crippen LogP contribution in [0.4, 0.5) is 5.69 Å². The summed E-state index contributed by atoms with van der Waals surface area (Å²) >= 11 is 8.67. The summed E-state index contributed by atoms with van der Waals surface area (Å²) in [6.07, 6.45) is 2.15. The molecule has 0 radical (unpaired) electrons. The Bertz CT molecular complexity index is 941. The lowest BCUT2D eigenvalue weighted by molar-refractivity contribution is 0.0792. The van der Waals surface area contributed by atoms with Gasteiger partial charge in [-0.25, -0.2) is 0 Å². The van der Waals surface area contributed by atoms with Crippen LogP contribution in [0.15, 0.2) is 46.9 Å². The van der Waals surface area contributed by atoms with Crippen molar-refractivity contribution in [3.05, 3.63) is 58.1 Å². The van der Waals surface area contributed by atoms with Gasteiger partial charge in [0.25, 0.3) is 11.8 Å². The Morgan fingerprint density at radius 1 is 1.07 bits per heavy atom. The maximum absolute atomic E-state index is 12.5. The molecular formula is C22H24BrN3O3S. The number of anilines is 1. The fourth-order valence-electron chi connectivity index (χ4n) is 3.13. The smallest absolute Gasteiger partial charge is 0.257 e. The Hall–Kier alpha value is -2.45. The van der Waals surface area contributed by atoms with E-state index in [2.05, 4.69) is 26.6 Å². The van der Waals surface area contributed by atoms with Gasteiger partial charge in [-0.3, -0.25) is 14.9 Å². The fourth-order valence-corrected chi connectivity index (χ4v) is 3.81. The normalized spacial score (nSPS) is 13.3. The summed E-state index contributed by atoms with van der Waals surface area (Å²) in [6, 6.07) is 12.2. The van der Waals surface area contributed by atoms with E-state index in [1.54, 1.807) is 42.5 Å². The second-order valence-electron chi connectivity index (χ2n) is 7.30. The number of amides is 2. The van der Waals surface area contributed by atoms with Gasteiger partial charge in [0.1, 0.15) is 5.75 Å². The van der Waals surface area contributed by atoms with Crippen LogP contribution in [0.25, 0.3) is 0 Å². The first-order chi connectivity index (χ1) is 14.3. The largest absolute Gasteiger partial charge is 0.490 e. The van der Waals surface area contributed by atoms with Gasteiger partial charge < -0.3 is 15.0 Å². The molecule has 2 aromatic carbocycles. The molecule has 1 aliphatic rings. The highest BCUT2D eigenvalue weighted by molar-refractivity contribution is 9.10. The standard InChI is InChI=1S/C22H24BrN3O3S/c1-14(2)29-19-10-7-16(13-18(19)23)20(27)25-22(30)24-17-8-5-15(6-9-17)21(28)26-11-3-4-12-26/h5-10,13-14H,3-4,11-12H2,1-2H3,(H2,24,25,27,30). The van der Waals surface area contributed by atoms with E-state index < -0.39 is 0 Å². The fraction of sp³-hybridized carbons (Fsp3) is 0.318. The molecule has 0 aliphatic carbocycles. The number of benzene rings is 2. The van der Waals surface area contributed by atoms with Crippen LogP contribution < -0.4 is 15.4 Å². The van der Waals surface area contributed by atoms with E-state index in [9.17, 15) is 9.59 Å². The number of carbonyl (C=O) groups is 2. The molecule has 1 fully saturated rings. The minimum Gasteiger partial charge on any atom is -0.490 e. The maximum Gasteiger partial charge on any atom is 0.257 e. The quantitative estimate of drug-likeness (QED) is 0.600. The molecule has 0 bridgehead atoms. The summed E-state index contributed by atoms with van der Waals surface area (Å²) < 4.78 is 6.35. The molecule has 6 nitrogen and oxygen atoms in total. The van der Waals surface area contributed by atoms with Crippen LogP contribution in [0, 0.1) is 0 Å². The highest BCUT2D eigenvalue weighted by Gasteiger charge is 2.19. The summed E-state index contributed by atoms with van der Waals surface area (Å²) in [5.74, 6) is 0.390. The molecule has 2 amide bonds. The van der Waals surface area contributed by atoms with Crippen molar-refractivity contribution in [3.63, 3.8) is 0 Å². The molecule has 0 saturated carbocycles. The molecule has 30 heavy (non-hydrogen) atoms. The van der Waals surface area contributed by atoms with E-state index >= 15 is 0 Å². The zero-order valence-electron chi connectivity index (χ0n) is 16.9. The van der Waals surface area contributed by atoms with E-state index in [0.29, 0.717) is 27.0 Å². The molecule has 158 valence electrons. The third-order valence-electron chi connectivity index (χ3n) is 4.57. The molecule has 8 heteroatoms. The molecular weight excluding hydrogens is 466 g/mol. The van der Waals surface area contributed by atoms with Crippen molar-refractivity contribution in [2.75, 3.05) is 18.4 Å². The van der Waals surface area contributed by atoms with Gasteiger partial charge in [0, 0.05) is 29.9 Å². The monoisotopic (exact) mass is 489 g/mol. The van der Waals surface area contributed by atoms with Gasteiger partial charge in [-0.15, -0.1) is 0 Å². The van der Waals surface area contributed by atoms with Crippen molar-refractivity contribution < 1.29 is 14.3 Å². The lowest BCUT2D eigenvalue weighted by Gasteiger charge is -2.16. The second-order valence-corrected chi connectivity index (χ2v) is 8.56. The summed E-state index contributed by atoms with van der Waals surface area (Å²) in [5.41, 5.74) is 1.79. The highest BCUT2D eigenvalue weighted by Crippen LogP contribution is 2.27. The number of nitrogens with one attached hydrogen (secondary N) is 2. The van der Waals surface area contributed by atoms with Crippen molar-refractivity contribution in [3.8, 4) is 5.75 Å². The van der Waals surface area contributed by atoms with E-state index in [1.807, 2.05) is 18.7 Å². The van der Waals surface area contributed by atoms with Crippen LogP contribution in [0.5, 0.6) is 5.75 Å². The van der Waals surface area contributed by atoms with Crippen molar-refractivity contribution in [2.24, 2.45) is 0 Å². The van der Waals surface area contributed by atoms with Crippen LogP contribution in [0.1, 0.15) is 47.4 Å². The number of nitrogens with zero attached hydrogens (tertiary/aromatic N) is 1. The number of halogens is 1. The van der Waals surface area contributed by atoms with Gasteiger partial charge in [0.2, 0.25) is 0 Å². The minimum absolute atomic E-state index is 0.0368. The number of hydrogen-bond acceptors (Lipinski definition) is 4. The third kappa shape index (κ3) is 5.79. The highest BCUT2D eigenvalue weighted by atomic mass is 79.9. The molecule has 2 aromatic rings. The van der Waals surface area contributed by atoms with Crippen LogP contribution in [-0.4, -0.2) is 41.0 Å². The van der Waals surface area contributed by atoms with E-state index in [0.717, 1.165) is 25.9 Å². The van der Waals surface area contributed by atoms with E-state index in [-0.39, 0.29) is 23.0 Å². The average molecular weight is 490 g/mol. The number of hydrogen-bond donors (Lipinski definition) is 2. The predicted octanol–water partition coefficient (Wildman–Crippen LogP) is 4.60. The Morgan fingerprint density at radius 3 is 2.30 bits per heavy atom. The van der Waals surface area contributed by atoms with Crippen LogP contribution in [0.3, 0.4) is 0 Å². The molecule has 0 aromatic heterocycles. The number of carbonyl (C=O) groups excluding carboxylic acids is 2.